The predicted octanol–water partition coefficient (Wildman–Crippen LogP) is 3.42. The van der Waals surface area contributed by atoms with Gasteiger partial charge in [-0.2, -0.15) is 14.9 Å². The standard InChI is InChI=1S/C14H16N4OS/c1-8-6-11(8)12-5-4-10(19-12)7-15-18-13(9-2-3-9)16-17-14(18)20/h4-5,7-9,11H,2-3,6H2,1H3,(H,17,20)/b15-7-/t8-,11-/m1/s1. The van der Waals surface area contributed by atoms with Gasteiger partial charge in [-0.3, -0.25) is 5.10 Å². The summed E-state index contributed by atoms with van der Waals surface area (Å²) in [5, 5.41) is 11.5. The van der Waals surface area contributed by atoms with Crippen molar-refractivity contribution in [2.75, 3.05) is 0 Å². The average Bonchev–Trinajstić information content (AvgIpc) is 3.32. The van der Waals surface area contributed by atoms with Crippen molar-refractivity contribution < 1.29 is 4.42 Å². The molecule has 0 aliphatic heterocycles. The summed E-state index contributed by atoms with van der Waals surface area (Å²) in [6.45, 7) is 2.24. The summed E-state index contributed by atoms with van der Waals surface area (Å²) in [5.41, 5.74) is 0. The molecule has 2 fully saturated rings. The molecule has 0 spiro atoms. The first kappa shape index (κ1) is 12.1. The van der Waals surface area contributed by atoms with Gasteiger partial charge in [-0.15, -0.1) is 0 Å². The Kier molecular flexibility index (Phi) is 2.66. The molecule has 0 saturated heterocycles. The average molecular weight is 288 g/mol. The molecule has 0 unspecified atom stereocenters. The van der Waals surface area contributed by atoms with Crippen LogP contribution in [0.4, 0.5) is 0 Å². The third-order valence-corrected chi connectivity index (χ3v) is 4.31. The molecule has 5 nitrogen and oxygen atoms in total. The predicted molar refractivity (Wildman–Crippen MR) is 77.6 cm³/mol. The van der Waals surface area contributed by atoms with Crippen LogP contribution in [0.1, 0.15) is 55.4 Å². The van der Waals surface area contributed by atoms with Crippen molar-refractivity contribution in [2.24, 2.45) is 11.0 Å². The van der Waals surface area contributed by atoms with Crippen LogP contribution in [0.2, 0.25) is 0 Å². The second-order valence-electron chi connectivity index (χ2n) is 5.78. The zero-order chi connectivity index (χ0) is 13.7. The highest BCUT2D eigenvalue weighted by Crippen LogP contribution is 2.47. The topological polar surface area (TPSA) is 59.1 Å². The Bertz CT molecular complexity index is 722. The molecule has 2 aromatic heterocycles. The summed E-state index contributed by atoms with van der Waals surface area (Å²) in [4.78, 5) is 0. The van der Waals surface area contributed by atoms with Crippen molar-refractivity contribution in [3.63, 3.8) is 0 Å². The van der Waals surface area contributed by atoms with Crippen LogP contribution in [0, 0.1) is 10.7 Å². The molecule has 0 bridgehead atoms. The van der Waals surface area contributed by atoms with E-state index in [1.54, 1.807) is 10.9 Å². The van der Waals surface area contributed by atoms with Crippen LogP contribution in [-0.4, -0.2) is 21.1 Å². The molecule has 0 radical (unpaired) electrons. The fraction of sp³-hybridized carbons (Fsp3) is 0.500. The van der Waals surface area contributed by atoms with E-state index >= 15 is 0 Å². The second-order valence-corrected chi connectivity index (χ2v) is 6.16. The molecule has 2 atom stereocenters. The lowest BCUT2D eigenvalue weighted by molar-refractivity contribution is 0.500. The van der Waals surface area contributed by atoms with Gasteiger partial charge in [-0.1, -0.05) is 6.92 Å². The number of rotatable bonds is 4. The van der Waals surface area contributed by atoms with E-state index in [2.05, 4.69) is 22.2 Å². The number of hydrogen-bond donors (Lipinski definition) is 1. The molecule has 2 heterocycles. The van der Waals surface area contributed by atoms with Gasteiger partial charge in [0.15, 0.2) is 5.82 Å². The number of furan rings is 1. The zero-order valence-corrected chi connectivity index (χ0v) is 12.1. The Morgan fingerprint density at radius 3 is 3.00 bits per heavy atom. The minimum atomic E-state index is 0.500. The Hall–Kier alpha value is -1.69. The Morgan fingerprint density at radius 1 is 1.50 bits per heavy atom. The van der Waals surface area contributed by atoms with Gasteiger partial charge in [0.25, 0.3) is 0 Å². The Balaban J connectivity index is 1.57. The van der Waals surface area contributed by atoms with E-state index in [0.29, 0.717) is 16.6 Å². The monoisotopic (exact) mass is 288 g/mol. The second kappa shape index (κ2) is 4.41. The third-order valence-electron chi connectivity index (χ3n) is 4.04. The number of nitrogens with one attached hydrogen (secondary N) is 1. The molecule has 1 N–H and O–H groups in total. The summed E-state index contributed by atoms with van der Waals surface area (Å²) in [6, 6.07) is 4.01. The van der Waals surface area contributed by atoms with E-state index in [-0.39, 0.29) is 0 Å². The lowest BCUT2D eigenvalue weighted by Crippen LogP contribution is -1.96. The number of H-pyrrole nitrogens is 1. The minimum Gasteiger partial charge on any atom is -0.460 e. The van der Waals surface area contributed by atoms with Gasteiger partial charge in [0.1, 0.15) is 11.5 Å². The van der Waals surface area contributed by atoms with Crippen LogP contribution in [-0.2, 0) is 0 Å². The Labute approximate surface area is 121 Å². The minimum absolute atomic E-state index is 0.500. The van der Waals surface area contributed by atoms with E-state index in [9.17, 15) is 0 Å². The van der Waals surface area contributed by atoms with Gasteiger partial charge in [0.2, 0.25) is 4.77 Å². The van der Waals surface area contributed by atoms with E-state index < -0.39 is 0 Å². The van der Waals surface area contributed by atoms with Gasteiger partial charge >= 0.3 is 0 Å². The largest absolute Gasteiger partial charge is 0.460 e. The van der Waals surface area contributed by atoms with Crippen molar-refractivity contribution in [2.45, 2.75) is 38.0 Å². The molecule has 20 heavy (non-hydrogen) atoms. The van der Waals surface area contributed by atoms with Gasteiger partial charge in [0.05, 0.1) is 6.21 Å². The van der Waals surface area contributed by atoms with Crippen LogP contribution in [0.15, 0.2) is 21.7 Å². The van der Waals surface area contributed by atoms with Gasteiger partial charge < -0.3 is 4.42 Å². The van der Waals surface area contributed by atoms with Crippen LogP contribution >= 0.6 is 12.2 Å². The van der Waals surface area contributed by atoms with Crippen molar-refractivity contribution >= 4 is 18.4 Å². The van der Waals surface area contributed by atoms with Crippen molar-refractivity contribution in [1.29, 1.82) is 0 Å². The van der Waals surface area contributed by atoms with Gasteiger partial charge in [-0.05, 0) is 49.5 Å². The quantitative estimate of drug-likeness (QED) is 0.692. The van der Waals surface area contributed by atoms with E-state index in [1.807, 2.05) is 12.1 Å². The molecule has 4 rings (SSSR count). The molecular weight excluding hydrogens is 272 g/mol. The third kappa shape index (κ3) is 2.14. The highest BCUT2D eigenvalue weighted by atomic mass is 32.1. The number of hydrogen-bond acceptors (Lipinski definition) is 4. The molecule has 6 heteroatoms. The highest BCUT2D eigenvalue weighted by Gasteiger charge is 2.36. The van der Waals surface area contributed by atoms with Crippen molar-refractivity contribution in [3.05, 3.63) is 34.2 Å². The summed E-state index contributed by atoms with van der Waals surface area (Å²) < 4.78 is 8.04. The fourth-order valence-electron chi connectivity index (χ4n) is 2.49. The maximum atomic E-state index is 5.80. The summed E-state index contributed by atoms with van der Waals surface area (Å²) in [7, 11) is 0. The first-order chi connectivity index (χ1) is 9.72. The van der Waals surface area contributed by atoms with E-state index in [0.717, 1.165) is 23.3 Å². The molecule has 2 aromatic rings. The number of aromatic amines is 1. The maximum absolute atomic E-state index is 5.80. The zero-order valence-electron chi connectivity index (χ0n) is 11.2. The highest BCUT2D eigenvalue weighted by molar-refractivity contribution is 7.71. The van der Waals surface area contributed by atoms with Crippen molar-refractivity contribution in [3.8, 4) is 0 Å². The van der Waals surface area contributed by atoms with Crippen LogP contribution in [0.3, 0.4) is 0 Å². The molecule has 2 aliphatic carbocycles. The van der Waals surface area contributed by atoms with Crippen LogP contribution in [0.25, 0.3) is 0 Å². The SMILES string of the molecule is C[C@@H]1C[C@H]1c1ccc(/C=N\n2c(C3CC3)n[nH]c2=S)o1. The normalized spacial score (nSPS) is 25.4. The molecule has 2 saturated carbocycles. The first-order valence-electron chi connectivity index (χ1n) is 7.04. The Morgan fingerprint density at radius 2 is 2.30 bits per heavy atom. The summed E-state index contributed by atoms with van der Waals surface area (Å²) >= 11 is 5.21. The number of nitrogens with zero attached hydrogens (tertiary/aromatic N) is 3. The molecule has 0 aromatic carbocycles. The van der Waals surface area contributed by atoms with Crippen LogP contribution < -0.4 is 0 Å². The summed E-state index contributed by atoms with van der Waals surface area (Å²) in [5.74, 6) is 4.60. The lowest BCUT2D eigenvalue weighted by Gasteiger charge is -1.96. The molecule has 2 aliphatic rings. The van der Waals surface area contributed by atoms with Gasteiger partial charge in [0, 0.05) is 11.8 Å². The summed E-state index contributed by atoms with van der Waals surface area (Å²) in [6.07, 6.45) is 5.27. The smallest absolute Gasteiger partial charge is 0.216 e. The van der Waals surface area contributed by atoms with Crippen LogP contribution in [0.5, 0.6) is 0 Å². The lowest BCUT2D eigenvalue weighted by atomic mass is 10.3. The van der Waals surface area contributed by atoms with E-state index in [4.69, 9.17) is 16.6 Å². The number of aromatic nitrogens is 3. The molecule has 104 valence electrons. The first-order valence-corrected chi connectivity index (χ1v) is 7.44. The fourth-order valence-corrected chi connectivity index (χ4v) is 2.68. The maximum Gasteiger partial charge on any atom is 0.216 e. The van der Waals surface area contributed by atoms with Gasteiger partial charge in [-0.25, -0.2) is 0 Å². The molecular formula is C14H16N4OS. The van der Waals surface area contributed by atoms with Crippen molar-refractivity contribution in [1.82, 2.24) is 14.9 Å². The van der Waals surface area contributed by atoms with E-state index in [1.165, 1.54) is 19.3 Å². The molecule has 0 amide bonds.